The summed E-state index contributed by atoms with van der Waals surface area (Å²) in [5, 5.41) is 4.48. The lowest BCUT2D eigenvalue weighted by Gasteiger charge is -2.04. The second-order valence-corrected chi connectivity index (χ2v) is 6.37. The molecular formula is C14H8ClF3N4S. The van der Waals surface area contributed by atoms with E-state index in [4.69, 9.17) is 11.6 Å². The van der Waals surface area contributed by atoms with E-state index in [9.17, 15) is 13.2 Å². The molecular weight excluding hydrogens is 349 g/mol. The summed E-state index contributed by atoms with van der Waals surface area (Å²) in [4.78, 5) is 9.65. The fourth-order valence-corrected chi connectivity index (χ4v) is 3.48. The van der Waals surface area contributed by atoms with E-state index in [1.807, 2.05) is 12.1 Å². The van der Waals surface area contributed by atoms with E-state index in [2.05, 4.69) is 20.3 Å². The minimum atomic E-state index is -4.36. The number of aromatic amines is 2. The normalized spacial score (nSPS) is 12.3. The fourth-order valence-electron chi connectivity index (χ4n) is 2.34. The predicted molar refractivity (Wildman–Crippen MR) is 85.6 cm³/mol. The third-order valence-corrected chi connectivity index (χ3v) is 4.73. The number of benzene rings is 1. The Morgan fingerprint density at radius 1 is 1.17 bits per heavy atom. The molecule has 4 aromatic rings. The van der Waals surface area contributed by atoms with E-state index < -0.39 is 11.1 Å². The molecule has 0 amide bonds. The van der Waals surface area contributed by atoms with Gasteiger partial charge in [0.05, 0.1) is 10.5 Å². The number of thiophene rings is 1. The van der Waals surface area contributed by atoms with Gasteiger partial charge in [0, 0.05) is 22.8 Å². The second kappa shape index (κ2) is 4.90. The number of fused-ring (bicyclic) bond motifs is 2. The van der Waals surface area contributed by atoms with Gasteiger partial charge in [-0.05, 0) is 24.3 Å². The van der Waals surface area contributed by atoms with Gasteiger partial charge in [0.25, 0.3) is 0 Å². The molecule has 0 bridgehead atoms. The Kier molecular flexibility index (Phi) is 3.07. The van der Waals surface area contributed by atoms with Crippen LogP contribution in [0.15, 0.2) is 30.5 Å². The van der Waals surface area contributed by atoms with E-state index in [0.29, 0.717) is 38.3 Å². The Morgan fingerprint density at radius 3 is 2.74 bits per heavy atom. The smallest absolute Gasteiger partial charge is 0.361 e. The predicted octanol–water partition coefficient (Wildman–Crippen LogP) is 5.52. The molecule has 0 saturated carbocycles. The molecule has 0 saturated heterocycles. The Bertz CT molecular complexity index is 983. The van der Waals surface area contributed by atoms with Gasteiger partial charge >= 0.3 is 6.18 Å². The number of imidazole rings is 1. The summed E-state index contributed by atoms with van der Waals surface area (Å²) in [6.07, 6.45) is -2.58. The standard InChI is InChI=1S/C14H8ClF3N4S/c15-8-3-6(4-9-7(8)1-2-19-9)20-13-21-10-5-11(14(16,17)18)23-12(10)22-13/h1-5,19H,(H2,20,21,22). The topological polar surface area (TPSA) is 56.5 Å². The molecule has 4 nitrogen and oxygen atoms in total. The summed E-state index contributed by atoms with van der Waals surface area (Å²) in [7, 11) is 0. The average molecular weight is 357 g/mol. The summed E-state index contributed by atoms with van der Waals surface area (Å²) in [6, 6.07) is 6.50. The number of nitrogens with one attached hydrogen (secondary N) is 3. The van der Waals surface area contributed by atoms with Crippen molar-refractivity contribution in [1.29, 1.82) is 0 Å². The number of alkyl halides is 3. The van der Waals surface area contributed by atoms with Gasteiger partial charge in [0.15, 0.2) is 0 Å². The number of hydrogen-bond donors (Lipinski definition) is 3. The molecule has 3 N–H and O–H groups in total. The van der Waals surface area contributed by atoms with Crippen LogP contribution in [0.4, 0.5) is 24.8 Å². The molecule has 0 aliphatic rings. The Morgan fingerprint density at radius 2 is 2.00 bits per heavy atom. The summed E-state index contributed by atoms with van der Waals surface area (Å²) < 4.78 is 37.9. The number of hydrogen-bond acceptors (Lipinski definition) is 3. The highest BCUT2D eigenvalue weighted by atomic mass is 35.5. The van der Waals surface area contributed by atoms with Crippen LogP contribution in [0.5, 0.6) is 0 Å². The van der Waals surface area contributed by atoms with Crippen LogP contribution in [0.3, 0.4) is 0 Å². The largest absolute Gasteiger partial charge is 0.425 e. The third-order valence-electron chi connectivity index (χ3n) is 3.34. The summed E-state index contributed by atoms with van der Waals surface area (Å²) >= 11 is 6.79. The van der Waals surface area contributed by atoms with Crippen molar-refractivity contribution < 1.29 is 13.2 Å². The number of halogens is 4. The first-order valence-electron chi connectivity index (χ1n) is 6.50. The van der Waals surface area contributed by atoms with Gasteiger partial charge in [-0.3, -0.25) is 0 Å². The molecule has 23 heavy (non-hydrogen) atoms. The molecule has 0 radical (unpaired) electrons. The first-order chi connectivity index (χ1) is 10.9. The van der Waals surface area contributed by atoms with Crippen molar-refractivity contribution in [3.05, 3.63) is 40.4 Å². The Balaban J connectivity index is 1.67. The lowest BCUT2D eigenvalue weighted by Crippen LogP contribution is -2.00. The van der Waals surface area contributed by atoms with Crippen LogP contribution in [-0.4, -0.2) is 15.0 Å². The monoisotopic (exact) mass is 356 g/mol. The molecule has 0 fully saturated rings. The van der Waals surface area contributed by atoms with Gasteiger partial charge < -0.3 is 15.3 Å². The Labute approximate surface area is 136 Å². The number of aromatic nitrogens is 3. The van der Waals surface area contributed by atoms with Gasteiger partial charge in [-0.2, -0.15) is 13.2 Å². The van der Waals surface area contributed by atoms with Crippen molar-refractivity contribution in [2.45, 2.75) is 6.18 Å². The van der Waals surface area contributed by atoms with Gasteiger partial charge in [-0.1, -0.05) is 11.6 Å². The van der Waals surface area contributed by atoms with Gasteiger partial charge in [0.2, 0.25) is 5.95 Å². The van der Waals surface area contributed by atoms with Crippen LogP contribution in [0.2, 0.25) is 5.02 Å². The fraction of sp³-hybridized carbons (Fsp3) is 0.0714. The Hall–Kier alpha value is -2.19. The maximum absolute atomic E-state index is 12.6. The van der Waals surface area contributed by atoms with Crippen molar-refractivity contribution in [3.8, 4) is 0 Å². The first-order valence-corrected chi connectivity index (χ1v) is 7.70. The number of H-pyrrole nitrogens is 2. The minimum Gasteiger partial charge on any atom is -0.361 e. The number of nitrogens with zero attached hydrogens (tertiary/aromatic N) is 1. The van der Waals surface area contributed by atoms with Crippen molar-refractivity contribution in [1.82, 2.24) is 15.0 Å². The summed E-state index contributed by atoms with van der Waals surface area (Å²) in [6.45, 7) is 0. The van der Waals surface area contributed by atoms with Crippen molar-refractivity contribution in [3.63, 3.8) is 0 Å². The SMILES string of the molecule is FC(F)(F)c1cc2[nH]c(Nc3cc(Cl)c4cc[nH]c4c3)nc2s1. The van der Waals surface area contributed by atoms with Crippen molar-refractivity contribution in [2.24, 2.45) is 0 Å². The third kappa shape index (κ3) is 2.53. The molecule has 1 aromatic carbocycles. The first kappa shape index (κ1) is 14.4. The van der Waals surface area contributed by atoms with Crippen LogP contribution in [-0.2, 0) is 6.18 Å². The van der Waals surface area contributed by atoms with E-state index >= 15 is 0 Å². The molecule has 3 heterocycles. The molecule has 0 spiro atoms. The quantitative estimate of drug-likeness (QED) is 0.443. The van der Waals surface area contributed by atoms with Gasteiger partial charge in [0.1, 0.15) is 9.71 Å². The maximum atomic E-state index is 12.6. The number of anilines is 2. The second-order valence-electron chi connectivity index (χ2n) is 4.93. The maximum Gasteiger partial charge on any atom is 0.425 e. The molecule has 4 rings (SSSR count). The average Bonchev–Trinajstić information content (AvgIpc) is 3.10. The lowest BCUT2D eigenvalue weighted by atomic mass is 10.2. The highest BCUT2D eigenvalue weighted by Crippen LogP contribution is 2.38. The van der Waals surface area contributed by atoms with E-state index in [1.54, 1.807) is 12.3 Å². The molecule has 0 aliphatic heterocycles. The van der Waals surface area contributed by atoms with E-state index in [0.717, 1.165) is 17.0 Å². The molecule has 118 valence electrons. The van der Waals surface area contributed by atoms with Gasteiger partial charge in [-0.25, -0.2) is 4.98 Å². The van der Waals surface area contributed by atoms with Crippen molar-refractivity contribution >= 4 is 55.8 Å². The molecule has 0 atom stereocenters. The number of rotatable bonds is 2. The minimum absolute atomic E-state index is 0.298. The van der Waals surface area contributed by atoms with Crippen LogP contribution in [0, 0.1) is 0 Å². The zero-order chi connectivity index (χ0) is 16.2. The lowest BCUT2D eigenvalue weighted by molar-refractivity contribution is -0.134. The molecule has 3 aromatic heterocycles. The van der Waals surface area contributed by atoms with Crippen LogP contribution >= 0.6 is 22.9 Å². The van der Waals surface area contributed by atoms with E-state index in [-0.39, 0.29) is 0 Å². The van der Waals surface area contributed by atoms with Crippen LogP contribution in [0.25, 0.3) is 21.3 Å². The highest BCUT2D eigenvalue weighted by molar-refractivity contribution is 7.18. The zero-order valence-electron chi connectivity index (χ0n) is 11.3. The van der Waals surface area contributed by atoms with Crippen molar-refractivity contribution in [2.75, 3.05) is 5.32 Å². The van der Waals surface area contributed by atoms with Crippen LogP contribution in [0.1, 0.15) is 4.88 Å². The highest BCUT2D eigenvalue weighted by Gasteiger charge is 2.33. The zero-order valence-corrected chi connectivity index (χ0v) is 12.8. The van der Waals surface area contributed by atoms with E-state index in [1.165, 1.54) is 0 Å². The van der Waals surface area contributed by atoms with Crippen LogP contribution < -0.4 is 5.32 Å². The molecule has 9 heteroatoms. The van der Waals surface area contributed by atoms with Gasteiger partial charge in [-0.15, -0.1) is 11.3 Å². The summed E-state index contributed by atoms with van der Waals surface area (Å²) in [5.74, 6) is 0.363. The molecule has 0 aliphatic carbocycles. The summed E-state index contributed by atoms with van der Waals surface area (Å²) in [5.41, 5.74) is 1.88. The molecule has 0 unspecified atom stereocenters.